The lowest BCUT2D eigenvalue weighted by Crippen LogP contribution is -2.40. The number of sulfonamides is 1. The van der Waals surface area contributed by atoms with E-state index in [-0.39, 0.29) is 12.2 Å². The largest absolute Gasteiger partial charge is 0.476 e. The van der Waals surface area contributed by atoms with Gasteiger partial charge in [0.15, 0.2) is 5.69 Å². The molecule has 19 heavy (non-hydrogen) atoms. The Morgan fingerprint density at radius 3 is 2.58 bits per heavy atom. The van der Waals surface area contributed by atoms with Crippen LogP contribution in [0, 0.1) is 6.92 Å². The van der Waals surface area contributed by atoms with Gasteiger partial charge < -0.3 is 10.2 Å². The molecule has 0 saturated heterocycles. The van der Waals surface area contributed by atoms with Crippen LogP contribution in [0.15, 0.2) is 4.90 Å². The lowest BCUT2D eigenvalue weighted by atomic mass is 10.1. The molecule has 0 aliphatic carbocycles. The number of carboxylic acid groups (broad SMARTS) is 1. The maximum Gasteiger partial charge on any atom is 0.357 e. The summed E-state index contributed by atoms with van der Waals surface area (Å²) >= 11 is 0. The molecule has 1 aromatic rings. The first-order valence-electron chi connectivity index (χ1n) is 5.61. The molecule has 0 amide bonds. The Balaban J connectivity index is 3.08. The van der Waals surface area contributed by atoms with Crippen molar-refractivity contribution in [3.8, 4) is 0 Å². The first-order chi connectivity index (χ1) is 8.60. The highest BCUT2D eigenvalue weighted by Crippen LogP contribution is 2.18. The number of carbonyl (C=O) groups is 1. The second kappa shape index (κ2) is 5.27. The zero-order chi connectivity index (χ0) is 14.8. The summed E-state index contributed by atoms with van der Waals surface area (Å²) in [7, 11) is -4.05. The van der Waals surface area contributed by atoms with Crippen LogP contribution < -0.4 is 4.72 Å². The number of H-pyrrole nitrogens is 1. The van der Waals surface area contributed by atoms with Crippen LogP contribution in [0.1, 0.15) is 36.5 Å². The third kappa shape index (κ3) is 3.52. The lowest BCUT2D eigenvalue weighted by molar-refractivity contribution is 0.0613. The van der Waals surface area contributed by atoms with Gasteiger partial charge in [0, 0.05) is 6.54 Å². The molecule has 0 fully saturated rings. The van der Waals surface area contributed by atoms with Crippen LogP contribution in [0.2, 0.25) is 0 Å². The number of aromatic carboxylic acids is 1. The van der Waals surface area contributed by atoms with Crippen molar-refractivity contribution in [3.63, 3.8) is 0 Å². The summed E-state index contributed by atoms with van der Waals surface area (Å²) in [6.45, 7) is 4.39. The van der Waals surface area contributed by atoms with E-state index in [9.17, 15) is 18.3 Å². The van der Waals surface area contributed by atoms with E-state index >= 15 is 0 Å². The Labute approximate surface area is 110 Å². The molecule has 1 rings (SSSR count). The minimum Gasteiger partial charge on any atom is -0.476 e. The molecule has 9 heteroatoms. The first kappa shape index (κ1) is 15.6. The second-order valence-corrected chi connectivity index (χ2v) is 6.21. The summed E-state index contributed by atoms with van der Waals surface area (Å²) in [5, 5.41) is 24.4. The van der Waals surface area contributed by atoms with Crippen molar-refractivity contribution < 1.29 is 23.4 Å². The van der Waals surface area contributed by atoms with E-state index in [0.717, 1.165) is 0 Å². The standard InChI is InChI=1S/C10H17N3O5S/c1-4-10(3,16)5-11-19(17,18)8-6(2)12-13-7(8)9(14)15/h11,16H,4-5H2,1-3H3,(H,12,13)(H,14,15). The molecule has 1 heterocycles. The van der Waals surface area contributed by atoms with Crippen molar-refractivity contribution in [2.24, 2.45) is 0 Å². The maximum absolute atomic E-state index is 12.1. The third-order valence-corrected chi connectivity index (χ3v) is 4.33. The van der Waals surface area contributed by atoms with Gasteiger partial charge in [-0.1, -0.05) is 6.92 Å². The number of nitrogens with zero attached hydrogens (tertiary/aromatic N) is 1. The summed E-state index contributed by atoms with van der Waals surface area (Å²) in [5.74, 6) is -1.44. The van der Waals surface area contributed by atoms with Crippen molar-refractivity contribution in [3.05, 3.63) is 11.4 Å². The average molecular weight is 291 g/mol. The molecule has 1 unspecified atom stereocenters. The van der Waals surface area contributed by atoms with Crippen LogP contribution in [0.4, 0.5) is 0 Å². The first-order valence-corrected chi connectivity index (χ1v) is 7.09. The molecule has 0 aliphatic rings. The molecule has 0 saturated carbocycles. The highest BCUT2D eigenvalue weighted by molar-refractivity contribution is 7.89. The van der Waals surface area contributed by atoms with Crippen molar-refractivity contribution in [1.29, 1.82) is 0 Å². The number of aromatic amines is 1. The Morgan fingerprint density at radius 1 is 1.53 bits per heavy atom. The van der Waals surface area contributed by atoms with Crippen molar-refractivity contribution >= 4 is 16.0 Å². The summed E-state index contributed by atoms with van der Waals surface area (Å²) in [4.78, 5) is 10.5. The van der Waals surface area contributed by atoms with Crippen molar-refractivity contribution in [2.45, 2.75) is 37.7 Å². The topological polar surface area (TPSA) is 132 Å². The number of hydrogen-bond acceptors (Lipinski definition) is 5. The fourth-order valence-electron chi connectivity index (χ4n) is 1.34. The molecular formula is C10H17N3O5S. The maximum atomic E-state index is 12.1. The van der Waals surface area contributed by atoms with Crippen LogP contribution in [-0.2, 0) is 10.0 Å². The summed E-state index contributed by atoms with van der Waals surface area (Å²) < 4.78 is 26.3. The van der Waals surface area contributed by atoms with Crippen LogP contribution in [0.5, 0.6) is 0 Å². The lowest BCUT2D eigenvalue weighted by Gasteiger charge is -2.21. The minimum atomic E-state index is -4.05. The number of aryl methyl sites for hydroxylation is 1. The van der Waals surface area contributed by atoms with Crippen molar-refractivity contribution in [2.75, 3.05) is 6.54 Å². The normalized spacial score (nSPS) is 15.2. The molecule has 0 bridgehead atoms. The number of aromatic nitrogens is 2. The predicted molar refractivity (Wildman–Crippen MR) is 66.4 cm³/mol. The highest BCUT2D eigenvalue weighted by Gasteiger charge is 2.30. The van der Waals surface area contributed by atoms with Gasteiger partial charge in [-0.3, -0.25) is 5.10 Å². The SMILES string of the molecule is CCC(C)(O)CNS(=O)(=O)c1c(C(=O)O)n[nH]c1C. The van der Waals surface area contributed by atoms with E-state index in [4.69, 9.17) is 5.11 Å². The van der Waals surface area contributed by atoms with Crippen LogP contribution in [0.25, 0.3) is 0 Å². The summed E-state index contributed by atoms with van der Waals surface area (Å²) in [5.41, 5.74) is -1.64. The van der Waals surface area contributed by atoms with Crippen molar-refractivity contribution in [1.82, 2.24) is 14.9 Å². The summed E-state index contributed by atoms with van der Waals surface area (Å²) in [6, 6.07) is 0. The van der Waals surface area contributed by atoms with Gasteiger partial charge in [-0.15, -0.1) is 0 Å². The molecule has 0 aromatic carbocycles. The molecule has 0 aliphatic heterocycles. The summed E-state index contributed by atoms with van der Waals surface area (Å²) in [6.07, 6.45) is 0.353. The molecule has 8 nitrogen and oxygen atoms in total. The fourth-order valence-corrected chi connectivity index (χ4v) is 2.82. The Kier molecular flexibility index (Phi) is 4.33. The van der Waals surface area contributed by atoms with Gasteiger partial charge in [0.2, 0.25) is 10.0 Å². The van der Waals surface area contributed by atoms with Gasteiger partial charge in [0.1, 0.15) is 4.90 Å². The van der Waals surface area contributed by atoms with Gasteiger partial charge in [-0.05, 0) is 20.3 Å². The average Bonchev–Trinajstić information content (AvgIpc) is 2.70. The van der Waals surface area contributed by atoms with Gasteiger partial charge >= 0.3 is 5.97 Å². The highest BCUT2D eigenvalue weighted by atomic mass is 32.2. The van der Waals surface area contributed by atoms with E-state index in [1.807, 2.05) is 0 Å². The molecule has 1 atom stereocenters. The number of rotatable bonds is 6. The molecule has 0 radical (unpaired) electrons. The van der Waals surface area contributed by atoms with Gasteiger partial charge in [-0.25, -0.2) is 17.9 Å². The Bertz CT molecular complexity index is 576. The second-order valence-electron chi connectivity index (χ2n) is 4.51. The van der Waals surface area contributed by atoms with Crippen LogP contribution in [0.3, 0.4) is 0 Å². The minimum absolute atomic E-state index is 0.126. The van der Waals surface area contributed by atoms with Gasteiger partial charge in [-0.2, -0.15) is 5.10 Å². The van der Waals surface area contributed by atoms with E-state index in [0.29, 0.717) is 6.42 Å². The van der Waals surface area contributed by atoms with E-state index in [1.54, 1.807) is 6.92 Å². The monoisotopic (exact) mass is 291 g/mol. The van der Waals surface area contributed by atoms with E-state index < -0.39 is 32.2 Å². The quantitative estimate of drug-likeness (QED) is 0.576. The number of nitrogens with one attached hydrogen (secondary N) is 2. The number of hydrogen-bond donors (Lipinski definition) is 4. The van der Waals surface area contributed by atoms with E-state index in [1.165, 1.54) is 13.8 Å². The zero-order valence-electron chi connectivity index (χ0n) is 10.9. The fraction of sp³-hybridized carbons (Fsp3) is 0.600. The molecule has 1 aromatic heterocycles. The predicted octanol–water partition coefficient (Wildman–Crippen LogP) is -0.144. The Morgan fingerprint density at radius 2 is 2.11 bits per heavy atom. The molecular weight excluding hydrogens is 274 g/mol. The molecule has 108 valence electrons. The number of aliphatic hydroxyl groups is 1. The molecule has 4 N–H and O–H groups in total. The van der Waals surface area contributed by atoms with Gasteiger partial charge in [0.25, 0.3) is 0 Å². The number of carboxylic acids is 1. The van der Waals surface area contributed by atoms with Gasteiger partial charge in [0.05, 0.1) is 11.3 Å². The zero-order valence-corrected chi connectivity index (χ0v) is 11.7. The molecule has 0 spiro atoms. The smallest absolute Gasteiger partial charge is 0.357 e. The van der Waals surface area contributed by atoms with Crippen LogP contribution in [-0.4, -0.2) is 46.9 Å². The van der Waals surface area contributed by atoms with E-state index in [2.05, 4.69) is 14.9 Å². The Hall–Kier alpha value is -1.45. The van der Waals surface area contributed by atoms with Crippen LogP contribution >= 0.6 is 0 Å². The third-order valence-electron chi connectivity index (χ3n) is 2.77.